The predicted molar refractivity (Wildman–Crippen MR) is 247 cm³/mol. The fourth-order valence-corrected chi connectivity index (χ4v) is 9.04. The van der Waals surface area contributed by atoms with Gasteiger partial charge in [0, 0.05) is 39.1 Å². The number of hydrogen-bond donors (Lipinski definition) is 0. The van der Waals surface area contributed by atoms with Gasteiger partial charge < -0.3 is 9.47 Å². The third-order valence-electron chi connectivity index (χ3n) is 11.8. The number of fused-ring (bicyclic) bond motifs is 6. The maximum Gasteiger partial charge on any atom is 0.0616 e. The second kappa shape index (κ2) is 14.3. The second-order valence-electron chi connectivity index (χ2n) is 15.3. The Bertz CT molecular complexity index is 3150. The van der Waals surface area contributed by atoms with Crippen molar-refractivity contribution >= 4 is 55.7 Å². The van der Waals surface area contributed by atoms with Crippen molar-refractivity contribution in [3.8, 4) is 39.1 Å². The summed E-state index contributed by atoms with van der Waals surface area (Å²) in [6.07, 6.45) is 6.83. The van der Waals surface area contributed by atoms with Gasteiger partial charge in [0.2, 0.25) is 0 Å². The maximum absolute atomic E-state index is 2.47. The molecule has 274 valence electrons. The highest BCUT2D eigenvalue weighted by Crippen LogP contribution is 2.41. The summed E-state index contributed by atoms with van der Waals surface area (Å²) in [5, 5.41) is 5.09. The summed E-state index contributed by atoms with van der Waals surface area (Å²) < 4.78 is 2.47. The molecule has 0 bridgehead atoms. The molecule has 0 aliphatic heterocycles. The lowest BCUT2D eigenvalue weighted by Gasteiger charge is -2.26. The molecule has 58 heavy (non-hydrogen) atoms. The predicted octanol–water partition coefficient (Wildman–Crippen LogP) is 15.4. The number of rotatable bonds is 7. The average molecular weight is 741 g/mol. The summed E-state index contributed by atoms with van der Waals surface area (Å²) in [5.41, 5.74) is 17.0. The lowest BCUT2D eigenvalue weighted by atomic mass is 9.95. The lowest BCUT2D eigenvalue weighted by Crippen LogP contribution is -2.10. The van der Waals surface area contributed by atoms with Gasteiger partial charge in [0.05, 0.1) is 11.0 Å². The van der Waals surface area contributed by atoms with Gasteiger partial charge in [-0.2, -0.15) is 0 Å². The Kier molecular flexibility index (Phi) is 8.33. The van der Waals surface area contributed by atoms with E-state index >= 15 is 0 Å². The molecule has 0 atom stereocenters. The molecule has 10 aromatic rings. The molecule has 0 amide bonds. The topological polar surface area (TPSA) is 8.17 Å². The first-order chi connectivity index (χ1) is 28.8. The molecule has 2 nitrogen and oxygen atoms in total. The minimum atomic E-state index is 1.08. The van der Waals surface area contributed by atoms with Crippen LogP contribution in [0.2, 0.25) is 0 Å². The van der Waals surface area contributed by atoms with Crippen LogP contribution in [-0.2, 0) is 6.42 Å². The van der Waals surface area contributed by atoms with E-state index in [-0.39, 0.29) is 0 Å². The largest absolute Gasteiger partial charge is 0.310 e. The number of allylic oxidation sites excluding steroid dienone is 1. The van der Waals surface area contributed by atoms with E-state index in [1.54, 1.807) is 0 Å². The summed E-state index contributed by atoms with van der Waals surface area (Å²) in [6.45, 7) is 0. The third-order valence-corrected chi connectivity index (χ3v) is 11.8. The highest BCUT2D eigenvalue weighted by molar-refractivity contribution is 6.12. The molecule has 11 rings (SSSR count). The fraction of sp³-hybridized carbons (Fsp3) is 0.0357. The van der Waals surface area contributed by atoms with E-state index in [0.29, 0.717) is 0 Å². The first kappa shape index (κ1) is 33.9. The normalized spacial score (nSPS) is 12.3. The van der Waals surface area contributed by atoms with Crippen LogP contribution in [0, 0.1) is 0 Å². The summed E-state index contributed by atoms with van der Waals surface area (Å²) in [7, 11) is 0. The van der Waals surface area contributed by atoms with Crippen molar-refractivity contribution in [1.82, 2.24) is 4.57 Å². The van der Waals surface area contributed by atoms with Gasteiger partial charge in [0.25, 0.3) is 0 Å². The van der Waals surface area contributed by atoms with E-state index in [0.717, 1.165) is 29.9 Å². The van der Waals surface area contributed by atoms with Crippen molar-refractivity contribution in [3.05, 3.63) is 223 Å². The van der Waals surface area contributed by atoms with Crippen LogP contribution >= 0.6 is 0 Å². The van der Waals surface area contributed by atoms with Gasteiger partial charge in [0.1, 0.15) is 0 Å². The molecule has 0 N–H and O–H groups in total. The van der Waals surface area contributed by atoms with Crippen LogP contribution in [0.25, 0.3) is 77.7 Å². The second-order valence-corrected chi connectivity index (χ2v) is 15.3. The molecular formula is C56H40N2. The Labute approximate surface area is 339 Å². The third kappa shape index (κ3) is 5.90. The molecule has 0 radical (unpaired) electrons. The Morgan fingerprint density at radius 1 is 0.414 bits per heavy atom. The zero-order valence-electron chi connectivity index (χ0n) is 32.1. The molecule has 1 aliphatic carbocycles. The highest BCUT2D eigenvalue weighted by atomic mass is 15.1. The van der Waals surface area contributed by atoms with Crippen LogP contribution in [0.5, 0.6) is 0 Å². The summed E-state index contributed by atoms with van der Waals surface area (Å²) >= 11 is 0. The van der Waals surface area contributed by atoms with Crippen molar-refractivity contribution in [1.29, 1.82) is 0 Å². The van der Waals surface area contributed by atoms with Crippen molar-refractivity contribution in [2.75, 3.05) is 4.90 Å². The van der Waals surface area contributed by atoms with E-state index in [1.165, 1.54) is 82.8 Å². The number of anilines is 3. The molecule has 1 heterocycles. The standard InChI is InChI=1S/C56H40N2/c1-2-13-39(14-3-1)40-27-32-46(33-28-40)57(48-20-11-19-45(38-48)51-25-12-17-42-15-4-6-22-50(42)51)47-34-29-41(30-35-47)44-18-10-21-49(37-44)58-55-26-9-8-24-53(55)54-36-31-43-16-5-7-23-52(43)56(54)58/h1-4,6-15,17-38H,5,16H2. The van der Waals surface area contributed by atoms with Crippen molar-refractivity contribution in [2.24, 2.45) is 0 Å². The van der Waals surface area contributed by atoms with Gasteiger partial charge in [-0.3, -0.25) is 0 Å². The van der Waals surface area contributed by atoms with Crippen LogP contribution in [-0.4, -0.2) is 4.57 Å². The average Bonchev–Trinajstić information content (AvgIpc) is 3.65. The van der Waals surface area contributed by atoms with Crippen LogP contribution in [0.4, 0.5) is 17.1 Å². The van der Waals surface area contributed by atoms with Crippen LogP contribution in [0.15, 0.2) is 212 Å². The number of nitrogens with zero attached hydrogens (tertiary/aromatic N) is 2. The number of benzene rings is 9. The zero-order chi connectivity index (χ0) is 38.4. The van der Waals surface area contributed by atoms with Crippen LogP contribution in [0.3, 0.4) is 0 Å². The molecule has 0 fully saturated rings. The van der Waals surface area contributed by atoms with Gasteiger partial charge in [0.15, 0.2) is 0 Å². The molecule has 2 heteroatoms. The molecule has 0 saturated carbocycles. The van der Waals surface area contributed by atoms with Crippen molar-refractivity contribution in [3.63, 3.8) is 0 Å². The quantitative estimate of drug-likeness (QED) is 0.158. The molecule has 1 aromatic heterocycles. The molecule has 0 saturated heterocycles. The van der Waals surface area contributed by atoms with E-state index in [2.05, 4.69) is 228 Å². The minimum absolute atomic E-state index is 1.08. The van der Waals surface area contributed by atoms with E-state index < -0.39 is 0 Å². The van der Waals surface area contributed by atoms with Crippen LogP contribution < -0.4 is 4.90 Å². The highest BCUT2D eigenvalue weighted by Gasteiger charge is 2.19. The summed E-state index contributed by atoms with van der Waals surface area (Å²) in [4.78, 5) is 2.37. The fourth-order valence-electron chi connectivity index (χ4n) is 9.04. The SMILES string of the molecule is C1=Cc2c(ccc3c4ccccc4n(-c4cccc(-c5ccc(N(c6ccc(-c7ccccc7)cc6)c6cccc(-c7cccc8ccccc78)c6)cc5)c4)c23)CC1. The molecule has 9 aromatic carbocycles. The van der Waals surface area contributed by atoms with E-state index in [9.17, 15) is 0 Å². The van der Waals surface area contributed by atoms with Crippen LogP contribution in [0.1, 0.15) is 17.5 Å². The van der Waals surface area contributed by atoms with E-state index in [1.807, 2.05) is 0 Å². The number of hydrogen-bond acceptors (Lipinski definition) is 1. The van der Waals surface area contributed by atoms with E-state index in [4.69, 9.17) is 0 Å². The molecule has 0 unspecified atom stereocenters. The molecule has 1 aliphatic rings. The number of para-hydroxylation sites is 1. The van der Waals surface area contributed by atoms with Crippen molar-refractivity contribution < 1.29 is 0 Å². The minimum Gasteiger partial charge on any atom is -0.310 e. The monoisotopic (exact) mass is 740 g/mol. The maximum atomic E-state index is 2.47. The Morgan fingerprint density at radius 3 is 1.88 bits per heavy atom. The summed E-state index contributed by atoms with van der Waals surface area (Å²) in [5.74, 6) is 0. The molecular weight excluding hydrogens is 701 g/mol. The zero-order valence-corrected chi connectivity index (χ0v) is 32.1. The molecule has 0 spiro atoms. The van der Waals surface area contributed by atoms with Gasteiger partial charge in [-0.1, -0.05) is 164 Å². The van der Waals surface area contributed by atoms with Gasteiger partial charge in [-0.15, -0.1) is 0 Å². The summed E-state index contributed by atoms with van der Waals surface area (Å²) in [6, 6.07) is 75.3. The Balaban J connectivity index is 1.01. The first-order valence-electron chi connectivity index (χ1n) is 20.2. The number of aromatic nitrogens is 1. The Hall–Kier alpha value is -7.42. The van der Waals surface area contributed by atoms with Gasteiger partial charge in [-0.05, 0) is 117 Å². The Morgan fingerprint density at radius 2 is 1.05 bits per heavy atom. The van der Waals surface area contributed by atoms with Crippen molar-refractivity contribution in [2.45, 2.75) is 12.8 Å². The van der Waals surface area contributed by atoms with Gasteiger partial charge in [-0.25, -0.2) is 0 Å². The number of aryl methyl sites for hydroxylation is 1. The first-order valence-corrected chi connectivity index (χ1v) is 20.2. The lowest BCUT2D eigenvalue weighted by molar-refractivity contribution is 0.986. The smallest absolute Gasteiger partial charge is 0.0616 e. The van der Waals surface area contributed by atoms with Gasteiger partial charge >= 0.3 is 0 Å².